The highest BCUT2D eigenvalue weighted by Crippen LogP contribution is 2.28. The molecule has 0 aromatic carbocycles. The van der Waals surface area contributed by atoms with Crippen LogP contribution in [0.2, 0.25) is 0 Å². The first-order chi connectivity index (χ1) is 10.2. The van der Waals surface area contributed by atoms with E-state index in [1.807, 2.05) is 0 Å². The Balaban J connectivity index is 2.07. The number of ether oxygens (including phenoxy) is 2. The molecule has 1 aliphatic carbocycles. The first-order valence-corrected chi connectivity index (χ1v) is 7.41. The molecule has 0 unspecified atom stereocenters. The van der Waals surface area contributed by atoms with Gasteiger partial charge in [-0.1, -0.05) is 0 Å². The normalized spacial score (nSPS) is 53.5. The highest BCUT2D eigenvalue weighted by atomic mass is 16.7. The summed E-state index contributed by atoms with van der Waals surface area (Å²) in [5.74, 6) is 0. The van der Waals surface area contributed by atoms with Gasteiger partial charge in [-0.2, -0.15) is 0 Å². The second kappa shape index (κ2) is 6.63. The van der Waals surface area contributed by atoms with Crippen molar-refractivity contribution < 1.29 is 29.9 Å². The van der Waals surface area contributed by atoms with Crippen LogP contribution in [0.4, 0.5) is 0 Å². The maximum absolute atomic E-state index is 10.3. The van der Waals surface area contributed by atoms with Crippen LogP contribution in [-0.2, 0) is 9.47 Å². The van der Waals surface area contributed by atoms with Crippen LogP contribution in [0.1, 0.15) is 13.3 Å². The van der Waals surface area contributed by atoms with Gasteiger partial charge in [-0.25, -0.2) is 0 Å². The van der Waals surface area contributed by atoms with E-state index in [0.717, 1.165) is 0 Å². The number of aliphatic hydroxyl groups is 4. The summed E-state index contributed by atoms with van der Waals surface area (Å²) in [6, 6.07) is -1.90. The second-order valence-corrected chi connectivity index (χ2v) is 6.44. The molecular weight excluding hydrogens is 294 g/mol. The molecule has 9 heteroatoms. The van der Waals surface area contributed by atoms with E-state index in [1.165, 1.54) is 6.92 Å². The first-order valence-electron chi connectivity index (χ1n) is 7.41. The van der Waals surface area contributed by atoms with Crippen LogP contribution >= 0.6 is 0 Å². The minimum absolute atomic E-state index is 0.0552. The average molecular weight is 321 g/mol. The SMILES string of the molecule is CN[C@@H]1[C@@H](O)[C@@H](O[C@H]2[C@@H](O)[C@H](O)[C@@H](N)C[C@H]2N)OC[C@]1(C)O. The molecule has 22 heavy (non-hydrogen) atoms. The molecule has 130 valence electrons. The van der Waals surface area contributed by atoms with E-state index in [0.29, 0.717) is 0 Å². The molecule has 1 saturated heterocycles. The lowest BCUT2D eigenvalue weighted by Gasteiger charge is -2.47. The van der Waals surface area contributed by atoms with E-state index in [9.17, 15) is 20.4 Å². The van der Waals surface area contributed by atoms with E-state index < -0.39 is 54.4 Å². The molecule has 0 aromatic heterocycles. The van der Waals surface area contributed by atoms with E-state index in [1.54, 1.807) is 7.05 Å². The van der Waals surface area contributed by atoms with Crippen LogP contribution in [0.25, 0.3) is 0 Å². The average Bonchev–Trinajstić information content (AvgIpc) is 2.43. The lowest BCUT2D eigenvalue weighted by molar-refractivity contribution is -0.296. The summed E-state index contributed by atoms with van der Waals surface area (Å²) in [6.07, 6.45) is -5.32. The van der Waals surface area contributed by atoms with Gasteiger partial charge in [0.15, 0.2) is 6.29 Å². The number of nitrogens with two attached hydrogens (primary N) is 2. The molecule has 9 N–H and O–H groups in total. The zero-order valence-electron chi connectivity index (χ0n) is 12.8. The molecule has 9 nitrogen and oxygen atoms in total. The van der Waals surface area contributed by atoms with Crippen LogP contribution in [0.15, 0.2) is 0 Å². The van der Waals surface area contributed by atoms with Gasteiger partial charge < -0.3 is 46.7 Å². The molecule has 0 radical (unpaired) electrons. The smallest absolute Gasteiger partial charge is 0.185 e. The number of aliphatic hydroxyl groups excluding tert-OH is 3. The van der Waals surface area contributed by atoms with Crippen LogP contribution in [0.3, 0.4) is 0 Å². The predicted molar refractivity (Wildman–Crippen MR) is 76.7 cm³/mol. The van der Waals surface area contributed by atoms with Crippen LogP contribution in [0.5, 0.6) is 0 Å². The van der Waals surface area contributed by atoms with Crippen molar-refractivity contribution in [2.24, 2.45) is 11.5 Å². The van der Waals surface area contributed by atoms with E-state index in [-0.39, 0.29) is 13.0 Å². The lowest BCUT2D eigenvalue weighted by atomic mass is 9.84. The van der Waals surface area contributed by atoms with Gasteiger partial charge in [-0.15, -0.1) is 0 Å². The molecule has 1 saturated carbocycles. The van der Waals surface area contributed by atoms with Gasteiger partial charge in [-0.05, 0) is 20.4 Å². The molecule has 0 bridgehead atoms. The Morgan fingerprint density at radius 2 is 1.77 bits per heavy atom. The Hall–Kier alpha value is -0.360. The summed E-state index contributed by atoms with van der Waals surface area (Å²) in [5, 5.41) is 43.2. The minimum atomic E-state index is -1.27. The van der Waals surface area contributed by atoms with E-state index in [2.05, 4.69) is 5.32 Å². The highest BCUT2D eigenvalue weighted by molar-refractivity contribution is 5.00. The summed E-state index contributed by atoms with van der Waals surface area (Å²) in [6.45, 7) is 1.48. The molecular formula is C13H27N3O6. The van der Waals surface area contributed by atoms with Crippen molar-refractivity contribution in [1.29, 1.82) is 0 Å². The van der Waals surface area contributed by atoms with Crippen LogP contribution in [-0.4, -0.2) is 88.5 Å². The van der Waals surface area contributed by atoms with Crippen molar-refractivity contribution in [3.05, 3.63) is 0 Å². The number of nitrogens with one attached hydrogen (secondary N) is 1. The summed E-state index contributed by atoms with van der Waals surface area (Å²) < 4.78 is 11.0. The van der Waals surface area contributed by atoms with Crippen molar-refractivity contribution in [1.82, 2.24) is 5.32 Å². The fourth-order valence-electron chi connectivity index (χ4n) is 3.19. The fraction of sp³-hybridized carbons (Fsp3) is 1.00. The molecule has 2 aliphatic rings. The fourth-order valence-corrected chi connectivity index (χ4v) is 3.19. The molecule has 2 fully saturated rings. The van der Waals surface area contributed by atoms with Gasteiger partial charge in [0.2, 0.25) is 0 Å². The van der Waals surface area contributed by atoms with Gasteiger partial charge in [0.1, 0.15) is 23.9 Å². The summed E-state index contributed by atoms with van der Waals surface area (Å²) in [7, 11) is 1.61. The van der Waals surface area contributed by atoms with Gasteiger partial charge in [0.05, 0.1) is 18.8 Å². The minimum Gasteiger partial charge on any atom is -0.389 e. The second-order valence-electron chi connectivity index (χ2n) is 6.44. The summed E-state index contributed by atoms with van der Waals surface area (Å²) in [5.41, 5.74) is 10.4. The molecule has 0 amide bonds. The van der Waals surface area contributed by atoms with E-state index >= 15 is 0 Å². The Morgan fingerprint density at radius 1 is 1.14 bits per heavy atom. The van der Waals surface area contributed by atoms with Gasteiger partial charge in [-0.3, -0.25) is 0 Å². The summed E-state index contributed by atoms with van der Waals surface area (Å²) >= 11 is 0. The van der Waals surface area contributed by atoms with Crippen molar-refractivity contribution >= 4 is 0 Å². The monoisotopic (exact) mass is 321 g/mol. The molecule has 2 rings (SSSR count). The zero-order chi connectivity index (χ0) is 16.7. The third-order valence-corrected chi connectivity index (χ3v) is 4.52. The van der Waals surface area contributed by atoms with Crippen LogP contribution < -0.4 is 16.8 Å². The number of hydrogen-bond acceptors (Lipinski definition) is 9. The Morgan fingerprint density at radius 3 is 2.36 bits per heavy atom. The molecule has 0 spiro atoms. The molecule has 1 heterocycles. The number of likely N-dealkylation sites (N-methyl/N-ethyl adjacent to an activating group) is 1. The Labute approximate surface area is 129 Å². The maximum atomic E-state index is 10.3. The largest absolute Gasteiger partial charge is 0.389 e. The van der Waals surface area contributed by atoms with Crippen LogP contribution in [0, 0.1) is 0 Å². The third-order valence-electron chi connectivity index (χ3n) is 4.52. The quantitative estimate of drug-likeness (QED) is 0.276. The summed E-state index contributed by atoms with van der Waals surface area (Å²) in [4.78, 5) is 0. The Kier molecular flexibility index (Phi) is 5.42. The first kappa shape index (κ1) is 18.0. The lowest BCUT2D eigenvalue weighted by Crippen LogP contribution is -2.68. The van der Waals surface area contributed by atoms with Crippen molar-refractivity contribution in [2.45, 2.75) is 67.8 Å². The molecule has 1 aliphatic heterocycles. The predicted octanol–water partition coefficient (Wildman–Crippen LogP) is -3.79. The standard InChI is InChI=1S/C13H27N3O6/c1-13(20)4-21-12(9(19)11(13)16-2)22-10-6(15)3-5(14)7(17)8(10)18/h5-12,16-20H,3-4,14-15H2,1-2H3/t5-,6+,7+,8-,9+,10+,11+,12+,13-/m0/s1. The van der Waals surface area contributed by atoms with Crippen molar-refractivity contribution in [2.75, 3.05) is 13.7 Å². The number of rotatable bonds is 3. The van der Waals surface area contributed by atoms with Crippen molar-refractivity contribution in [3.63, 3.8) is 0 Å². The molecule has 9 atom stereocenters. The Bertz CT molecular complexity index is 385. The zero-order valence-corrected chi connectivity index (χ0v) is 12.8. The van der Waals surface area contributed by atoms with Gasteiger partial charge in [0.25, 0.3) is 0 Å². The van der Waals surface area contributed by atoms with Gasteiger partial charge in [0, 0.05) is 12.1 Å². The van der Waals surface area contributed by atoms with E-state index in [4.69, 9.17) is 20.9 Å². The molecule has 0 aromatic rings. The number of hydrogen-bond donors (Lipinski definition) is 7. The topological polar surface area (TPSA) is 163 Å². The van der Waals surface area contributed by atoms with Gasteiger partial charge >= 0.3 is 0 Å². The highest BCUT2D eigenvalue weighted by Gasteiger charge is 2.49. The third kappa shape index (κ3) is 3.28. The van der Waals surface area contributed by atoms with Crippen molar-refractivity contribution in [3.8, 4) is 0 Å². The maximum Gasteiger partial charge on any atom is 0.185 e.